The molecule has 98 valence electrons. The minimum Gasteiger partial charge on any atom is -0.396 e. The van der Waals surface area contributed by atoms with E-state index in [1.54, 1.807) is 0 Å². The van der Waals surface area contributed by atoms with Gasteiger partial charge in [-0.3, -0.25) is 0 Å². The van der Waals surface area contributed by atoms with Gasteiger partial charge in [0.25, 0.3) is 0 Å². The molecule has 2 aliphatic carbocycles. The van der Waals surface area contributed by atoms with E-state index < -0.39 is 0 Å². The van der Waals surface area contributed by atoms with E-state index in [0.29, 0.717) is 18.6 Å². The lowest BCUT2D eigenvalue weighted by molar-refractivity contribution is 0.190. The van der Waals surface area contributed by atoms with Crippen LogP contribution < -0.4 is 5.32 Å². The Morgan fingerprint density at radius 1 is 1.33 bits per heavy atom. The molecule has 0 aromatic heterocycles. The summed E-state index contributed by atoms with van der Waals surface area (Å²) in [6.07, 6.45) is 4.76. The second-order valence-corrected chi connectivity index (χ2v) is 6.40. The van der Waals surface area contributed by atoms with Crippen LogP contribution in [0.5, 0.6) is 0 Å². The quantitative estimate of drug-likeness (QED) is 0.858. The summed E-state index contributed by atoms with van der Waals surface area (Å²) in [7, 11) is 0. The second-order valence-electron chi connectivity index (χ2n) is 5.96. The van der Waals surface area contributed by atoms with Gasteiger partial charge >= 0.3 is 0 Å². The normalized spacial score (nSPS) is 28.8. The van der Waals surface area contributed by atoms with Crippen molar-refractivity contribution in [1.82, 2.24) is 5.32 Å². The van der Waals surface area contributed by atoms with Crippen molar-refractivity contribution in [2.75, 3.05) is 13.2 Å². The maximum absolute atomic E-state index is 9.27. The van der Waals surface area contributed by atoms with Gasteiger partial charge in [0.1, 0.15) is 0 Å². The monoisotopic (exact) mass is 265 g/mol. The molecule has 1 aromatic carbocycles. The summed E-state index contributed by atoms with van der Waals surface area (Å²) in [4.78, 5) is 0. The summed E-state index contributed by atoms with van der Waals surface area (Å²) >= 11 is 6.01. The van der Waals surface area contributed by atoms with Gasteiger partial charge in [-0.25, -0.2) is 0 Å². The molecule has 2 aliphatic rings. The van der Waals surface area contributed by atoms with Crippen molar-refractivity contribution in [3.05, 3.63) is 34.9 Å². The number of hydrogen-bond acceptors (Lipinski definition) is 2. The van der Waals surface area contributed by atoms with E-state index in [1.165, 1.54) is 31.2 Å². The number of hydrogen-bond donors (Lipinski definition) is 2. The van der Waals surface area contributed by atoms with Gasteiger partial charge in [-0.05, 0) is 49.3 Å². The van der Waals surface area contributed by atoms with Gasteiger partial charge in [0, 0.05) is 29.6 Å². The van der Waals surface area contributed by atoms with Crippen molar-refractivity contribution in [1.29, 1.82) is 0 Å². The zero-order chi connectivity index (χ0) is 12.6. The Kier molecular flexibility index (Phi) is 3.35. The Balaban J connectivity index is 1.46. The molecule has 0 aliphatic heterocycles. The van der Waals surface area contributed by atoms with E-state index in [0.717, 1.165) is 11.6 Å². The highest BCUT2D eigenvalue weighted by atomic mass is 35.5. The molecular formula is C15H20ClNO. The number of aliphatic hydroxyl groups is 1. The van der Waals surface area contributed by atoms with Crippen LogP contribution in [0.3, 0.4) is 0 Å². The molecule has 3 rings (SSSR count). The minimum atomic E-state index is 0.223. The maximum atomic E-state index is 9.27. The summed E-state index contributed by atoms with van der Waals surface area (Å²) in [5.41, 5.74) is 1.59. The van der Waals surface area contributed by atoms with Crippen molar-refractivity contribution in [3.8, 4) is 0 Å². The number of halogens is 1. The summed E-state index contributed by atoms with van der Waals surface area (Å²) in [5, 5.41) is 13.7. The van der Waals surface area contributed by atoms with Crippen LogP contribution in [0.15, 0.2) is 24.3 Å². The Morgan fingerprint density at radius 3 is 2.72 bits per heavy atom. The van der Waals surface area contributed by atoms with Crippen molar-refractivity contribution < 1.29 is 5.11 Å². The highest BCUT2D eigenvalue weighted by Crippen LogP contribution is 2.45. The molecule has 2 N–H and O–H groups in total. The number of aliphatic hydroxyl groups excluding tert-OH is 1. The maximum Gasteiger partial charge on any atom is 0.0499 e. The molecule has 18 heavy (non-hydrogen) atoms. The molecule has 0 bridgehead atoms. The first-order valence-electron chi connectivity index (χ1n) is 6.80. The average molecular weight is 266 g/mol. The predicted molar refractivity (Wildman–Crippen MR) is 74.0 cm³/mol. The van der Waals surface area contributed by atoms with E-state index in [1.807, 2.05) is 12.1 Å². The topological polar surface area (TPSA) is 32.3 Å². The Bertz CT molecular complexity index is 424. The van der Waals surface area contributed by atoms with Gasteiger partial charge in [-0.2, -0.15) is 0 Å². The zero-order valence-electron chi connectivity index (χ0n) is 10.5. The zero-order valence-corrected chi connectivity index (χ0v) is 11.3. The molecule has 1 aromatic rings. The average Bonchev–Trinajstić information content (AvgIpc) is 3.08. The van der Waals surface area contributed by atoms with Gasteiger partial charge < -0.3 is 10.4 Å². The molecule has 2 saturated carbocycles. The first kappa shape index (κ1) is 12.5. The second kappa shape index (κ2) is 4.84. The Morgan fingerprint density at radius 2 is 2.11 bits per heavy atom. The first-order chi connectivity index (χ1) is 8.71. The van der Waals surface area contributed by atoms with E-state index in [9.17, 15) is 5.11 Å². The van der Waals surface area contributed by atoms with Crippen molar-refractivity contribution >= 4 is 11.6 Å². The van der Waals surface area contributed by atoms with Gasteiger partial charge in [-0.15, -0.1) is 0 Å². The van der Waals surface area contributed by atoms with Crippen molar-refractivity contribution in [2.24, 2.45) is 5.41 Å². The smallest absolute Gasteiger partial charge is 0.0499 e. The van der Waals surface area contributed by atoms with Crippen molar-refractivity contribution in [2.45, 2.75) is 37.6 Å². The highest BCUT2D eigenvalue weighted by Gasteiger charge is 2.42. The molecular weight excluding hydrogens is 246 g/mol. The van der Waals surface area contributed by atoms with E-state index in [-0.39, 0.29) is 5.41 Å². The molecule has 0 heterocycles. The lowest BCUT2D eigenvalue weighted by Gasteiger charge is -2.37. The fraction of sp³-hybridized carbons (Fsp3) is 0.600. The molecule has 0 spiro atoms. The SMILES string of the molecule is OCC1(CNC2CC(c3cccc(Cl)c3)C2)CC1. The van der Waals surface area contributed by atoms with Crippen LogP contribution >= 0.6 is 11.6 Å². The van der Waals surface area contributed by atoms with Crippen LogP contribution in [0.4, 0.5) is 0 Å². The van der Waals surface area contributed by atoms with Crippen LogP contribution in [0.25, 0.3) is 0 Å². The molecule has 2 fully saturated rings. The van der Waals surface area contributed by atoms with Crippen LogP contribution in [0.1, 0.15) is 37.2 Å². The highest BCUT2D eigenvalue weighted by molar-refractivity contribution is 6.30. The van der Waals surface area contributed by atoms with E-state index >= 15 is 0 Å². The summed E-state index contributed by atoms with van der Waals surface area (Å²) in [6, 6.07) is 8.83. The molecule has 0 unspecified atom stereocenters. The van der Waals surface area contributed by atoms with Gasteiger partial charge in [0.05, 0.1) is 0 Å². The molecule has 2 nitrogen and oxygen atoms in total. The lowest BCUT2D eigenvalue weighted by Crippen LogP contribution is -2.43. The third-order valence-electron chi connectivity index (χ3n) is 4.52. The minimum absolute atomic E-state index is 0.223. The summed E-state index contributed by atoms with van der Waals surface area (Å²) in [6.45, 7) is 1.32. The number of benzene rings is 1. The fourth-order valence-corrected chi connectivity index (χ4v) is 2.94. The standard InChI is InChI=1S/C15H20ClNO/c16-13-3-1-2-11(6-13)12-7-14(8-12)17-9-15(10-18)4-5-15/h1-3,6,12,14,17-18H,4-5,7-10H2. The van der Waals surface area contributed by atoms with Crippen molar-refractivity contribution in [3.63, 3.8) is 0 Å². The molecule has 0 saturated heterocycles. The number of nitrogens with one attached hydrogen (secondary N) is 1. The van der Waals surface area contributed by atoms with Gasteiger partial charge in [-0.1, -0.05) is 23.7 Å². The molecule has 0 amide bonds. The van der Waals surface area contributed by atoms with E-state index in [4.69, 9.17) is 11.6 Å². The van der Waals surface area contributed by atoms with Crippen LogP contribution in [-0.2, 0) is 0 Å². The number of rotatable bonds is 5. The van der Waals surface area contributed by atoms with Crippen LogP contribution in [0, 0.1) is 5.41 Å². The lowest BCUT2D eigenvalue weighted by atomic mass is 9.75. The summed E-state index contributed by atoms with van der Waals surface area (Å²) in [5.74, 6) is 0.658. The van der Waals surface area contributed by atoms with E-state index in [2.05, 4.69) is 17.4 Å². The first-order valence-corrected chi connectivity index (χ1v) is 7.18. The molecule has 0 radical (unpaired) electrons. The fourth-order valence-electron chi connectivity index (χ4n) is 2.75. The largest absolute Gasteiger partial charge is 0.396 e. The third-order valence-corrected chi connectivity index (χ3v) is 4.75. The van der Waals surface area contributed by atoms with Crippen LogP contribution in [-0.4, -0.2) is 24.3 Å². The molecule has 3 heteroatoms. The Hall–Kier alpha value is -0.570. The van der Waals surface area contributed by atoms with Crippen LogP contribution in [0.2, 0.25) is 5.02 Å². The Labute approximate surface area is 113 Å². The molecule has 0 atom stereocenters. The summed E-state index contributed by atoms with van der Waals surface area (Å²) < 4.78 is 0. The van der Waals surface area contributed by atoms with Gasteiger partial charge in [0.15, 0.2) is 0 Å². The third kappa shape index (κ3) is 2.56. The van der Waals surface area contributed by atoms with Gasteiger partial charge in [0.2, 0.25) is 0 Å². The predicted octanol–water partition coefficient (Wildman–Crippen LogP) is 2.95.